The van der Waals surface area contributed by atoms with E-state index in [1.807, 2.05) is 11.8 Å². The highest BCUT2D eigenvalue weighted by molar-refractivity contribution is 7.92. The van der Waals surface area contributed by atoms with Crippen LogP contribution in [-0.2, 0) is 14.6 Å². The molecule has 2 aliphatic heterocycles. The first kappa shape index (κ1) is 15.7. The van der Waals surface area contributed by atoms with E-state index in [9.17, 15) is 13.2 Å². The number of hydrogen-bond donors (Lipinski definition) is 1. The van der Waals surface area contributed by atoms with Crippen molar-refractivity contribution in [2.75, 3.05) is 45.0 Å². The summed E-state index contributed by atoms with van der Waals surface area (Å²) in [5.41, 5.74) is 0. The Labute approximate surface area is 121 Å². The van der Waals surface area contributed by atoms with Gasteiger partial charge in [0.25, 0.3) is 0 Å². The smallest absolute Gasteiger partial charge is 0.223 e. The lowest BCUT2D eigenvalue weighted by Crippen LogP contribution is -2.53. The second kappa shape index (κ2) is 6.41. The molecule has 2 heterocycles. The van der Waals surface area contributed by atoms with Crippen molar-refractivity contribution in [3.63, 3.8) is 0 Å². The van der Waals surface area contributed by atoms with Crippen LogP contribution in [0.4, 0.5) is 0 Å². The van der Waals surface area contributed by atoms with Crippen LogP contribution in [0.1, 0.15) is 20.3 Å². The van der Waals surface area contributed by atoms with Crippen molar-refractivity contribution in [2.45, 2.75) is 31.6 Å². The van der Waals surface area contributed by atoms with E-state index in [1.54, 1.807) is 6.92 Å². The Hall–Kier alpha value is -0.660. The van der Waals surface area contributed by atoms with Gasteiger partial charge in [0.15, 0.2) is 9.84 Å². The van der Waals surface area contributed by atoms with E-state index in [0.717, 1.165) is 26.2 Å². The Morgan fingerprint density at radius 1 is 1.20 bits per heavy atom. The highest BCUT2D eigenvalue weighted by atomic mass is 32.2. The van der Waals surface area contributed by atoms with E-state index < -0.39 is 9.84 Å². The molecule has 2 unspecified atom stereocenters. The third kappa shape index (κ3) is 3.51. The number of carbonyl (C=O) groups excluding carboxylic acids is 1. The number of carbonyl (C=O) groups is 1. The molecule has 0 saturated carbocycles. The second-order valence-electron chi connectivity index (χ2n) is 5.73. The van der Waals surface area contributed by atoms with E-state index in [2.05, 4.69) is 10.2 Å². The topological polar surface area (TPSA) is 69.7 Å². The third-order valence-corrected chi connectivity index (χ3v) is 6.85. The van der Waals surface area contributed by atoms with Gasteiger partial charge in [0.1, 0.15) is 0 Å². The molecule has 2 fully saturated rings. The maximum atomic E-state index is 12.1. The fourth-order valence-corrected chi connectivity index (χ4v) is 4.49. The standard InChI is InChI=1S/C13H25N3O3S/c1-11-12(2)20(18,19)10-9-15(11)6-3-13(17)16-7-4-14-5-8-16/h11-12,14H,3-10H2,1-2H3. The first-order valence-electron chi connectivity index (χ1n) is 7.36. The van der Waals surface area contributed by atoms with Crippen molar-refractivity contribution < 1.29 is 13.2 Å². The van der Waals surface area contributed by atoms with Crippen LogP contribution in [0.5, 0.6) is 0 Å². The van der Waals surface area contributed by atoms with E-state index in [4.69, 9.17) is 0 Å². The molecular weight excluding hydrogens is 278 g/mol. The average Bonchev–Trinajstić information content (AvgIpc) is 2.45. The van der Waals surface area contributed by atoms with Crippen molar-refractivity contribution in [1.82, 2.24) is 15.1 Å². The van der Waals surface area contributed by atoms with Crippen LogP contribution in [0.3, 0.4) is 0 Å². The maximum Gasteiger partial charge on any atom is 0.223 e. The molecule has 6 nitrogen and oxygen atoms in total. The van der Waals surface area contributed by atoms with Gasteiger partial charge in [0.05, 0.1) is 11.0 Å². The predicted molar refractivity (Wildman–Crippen MR) is 78.4 cm³/mol. The van der Waals surface area contributed by atoms with Gasteiger partial charge >= 0.3 is 0 Å². The SMILES string of the molecule is CC1C(C)S(=O)(=O)CCN1CCC(=O)N1CCNCC1. The van der Waals surface area contributed by atoms with Crippen molar-refractivity contribution in [1.29, 1.82) is 0 Å². The summed E-state index contributed by atoms with van der Waals surface area (Å²) in [6.45, 7) is 8.19. The summed E-state index contributed by atoms with van der Waals surface area (Å²) < 4.78 is 23.6. The van der Waals surface area contributed by atoms with Crippen LogP contribution in [-0.4, -0.2) is 80.4 Å². The number of nitrogens with zero attached hydrogens (tertiary/aromatic N) is 2. The zero-order valence-corrected chi connectivity index (χ0v) is 13.2. The molecule has 2 rings (SSSR count). The molecule has 0 aromatic rings. The summed E-state index contributed by atoms with van der Waals surface area (Å²) in [5.74, 6) is 0.389. The first-order valence-corrected chi connectivity index (χ1v) is 9.07. The second-order valence-corrected chi connectivity index (χ2v) is 8.21. The summed E-state index contributed by atoms with van der Waals surface area (Å²) >= 11 is 0. The molecule has 2 atom stereocenters. The predicted octanol–water partition coefficient (Wildman–Crippen LogP) is -0.684. The van der Waals surface area contributed by atoms with Crippen molar-refractivity contribution in [3.8, 4) is 0 Å². The Kier molecular flexibility index (Phi) is 5.04. The maximum absolute atomic E-state index is 12.1. The molecule has 0 aliphatic carbocycles. The molecule has 0 aromatic heterocycles. The summed E-state index contributed by atoms with van der Waals surface area (Å²) in [6, 6.07) is -0.00966. The summed E-state index contributed by atoms with van der Waals surface area (Å²) in [5, 5.41) is 2.88. The van der Waals surface area contributed by atoms with Crippen LogP contribution >= 0.6 is 0 Å². The molecular formula is C13H25N3O3S. The lowest BCUT2D eigenvalue weighted by atomic mass is 10.2. The summed E-state index contributed by atoms with van der Waals surface area (Å²) in [4.78, 5) is 16.1. The minimum atomic E-state index is -2.95. The largest absolute Gasteiger partial charge is 0.340 e. The molecule has 1 amide bonds. The normalized spacial score (nSPS) is 31.2. The molecule has 116 valence electrons. The van der Waals surface area contributed by atoms with Crippen LogP contribution < -0.4 is 5.32 Å². The highest BCUT2D eigenvalue weighted by Gasteiger charge is 2.35. The molecule has 0 spiro atoms. The molecule has 0 radical (unpaired) electrons. The van der Waals surface area contributed by atoms with Gasteiger partial charge in [0.2, 0.25) is 5.91 Å². The number of amides is 1. The average molecular weight is 303 g/mol. The van der Waals surface area contributed by atoms with Gasteiger partial charge in [-0.1, -0.05) is 0 Å². The lowest BCUT2D eigenvalue weighted by molar-refractivity contribution is -0.132. The first-order chi connectivity index (χ1) is 9.42. The fourth-order valence-electron chi connectivity index (χ4n) is 2.86. The van der Waals surface area contributed by atoms with E-state index in [0.29, 0.717) is 19.5 Å². The summed E-state index contributed by atoms with van der Waals surface area (Å²) in [7, 11) is -2.95. The van der Waals surface area contributed by atoms with E-state index >= 15 is 0 Å². The molecule has 0 aromatic carbocycles. The van der Waals surface area contributed by atoms with Crippen molar-refractivity contribution in [3.05, 3.63) is 0 Å². The van der Waals surface area contributed by atoms with Gasteiger partial charge in [-0.2, -0.15) is 0 Å². The number of sulfone groups is 1. The number of rotatable bonds is 3. The highest BCUT2D eigenvalue weighted by Crippen LogP contribution is 2.19. The van der Waals surface area contributed by atoms with Crippen LogP contribution in [0.15, 0.2) is 0 Å². The lowest BCUT2D eigenvalue weighted by Gasteiger charge is -2.37. The van der Waals surface area contributed by atoms with Crippen molar-refractivity contribution in [2.24, 2.45) is 0 Å². The molecule has 0 bridgehead atoms. The minimum Gasteiger partial charge on any atom is -0.340 e. The fraction of sp³-hybridized carbons (Fsp3) is 0.923. The zero-order chi connectivity index (χ0) is 14.8. The molecule has 1 N–H and O–H groups in total. The number of piperazine rings is 1. The van der Waals surface area contributed by atoms with E-state index in [1.165, 1.54) is 0 Å². The molecule has 2 aliphatic rings. The Morgan fingerprint density at radius 2 is 1.85 bits per heavy atom. The number of hydrogen-bond acceptors (Lipinski definition) is 5. The minimum absolute atomic E-state index is 0.00966. The van der Waals surface area contributed by atoms with Gasteiger partial charge in [0, 0.05) is 51.7 Å². The van der Waals surface area contributed by atoms with Gasteiger partial charge < -0.3 is 10.2 Å². The van der Waals surface area contributed by atoms with Gasteiger partial charge in [-0.15, -0.1) is 0 Å². The Balaban J connectivity index is 1.83. The van der Waals surface area contributed by atoms with Crippen molar-refractivity contribution >= 4 is 15.7 Å². The molecule has 20 heavy (non-hydrogen) atoms. The Morgan fingerprint density at radius 3 is 2.50 bits per heavy atom. The molecule has 7 heteroatoms. The zero-order valence-electron chi connectivity index (χ0n) is 12.3. The van der Waals surface area contributed by atoms with Gasteiger partial charge in [-0.25, -0.2) is 8.42 Å². The van der Waals surface area contributed by atoms with Gasteiger partial charge in [-0.05, 0) is 13.8 Å². The van der Waals surface area contributed by atoms with Crippen LogP contribution in [0, 0.1) is 0 Å². The number of nitrogens with one attached hydrogen (secondary N) is 1. The monoisotopic (exact) mass is 303 g/mol. The summed E-state index contributed by atoms with van der Waals surface area (Å²) in [6.07, 6.45) is 0.483. The third-order valence-electron chi connectivity index (χ3n) is 4.57. The van der Waals surface area contributed by atoms with Crippen LogP contribution in [0.2, 0.25) is 0 Å². The van der Waals surface area contributed by atoms with E-state index in [-0.39, 0.29) is 23.0 Å². The quantitative estimate of drug-likeness (QED) is 0.748. The Bertz CT molecular complexity index is 446. The van der Waals surface area contributed by atoms with Crippen LogP contribution in [0.25, 0.3) is 0 Å². The van der Waals surface area contributed by atoms with Gasteiger partial charge in [-0.3, -0.25) is 9.69 Å². The molecule has 2 saturated heterocycles.